The molecular weight excluding hydrogens is 288 g/mol. The number of nitrogens with one attached hydrogen (secondary N) is 2. The standard InChI is InChI=1S/C15H24N2O3S/c1-4-20-14-7-6-13(10-12(14)11-16-3)21(18,19)17-15(2)8-5-9-15/h6-7,10,16-17H,4-5,8-9,11H2,1-3H3. The first-order valence-corrected chi connectivity index (χ1v) is 8.83. The van der Waals surface area contributed by atoms with Crippen LogP contribution in [0.2, 0.25) is 0 Å². The summed E-state index contributed by atoms with van der Waals surface area (Å²) in [4.78, 5) is 0.296. The lowest BCUT2D eigenvalue weighted by atomic mass is 9.80. The Morgan fingerprint density at radius 2 is 2.05 bits per heavy atom. The second kappa shape index (κ2) is 6.34. The molecular formula is C15H24N2O3S. The average Bonchev–Trinajstić information content (AvgIpc) is 2.39. The van der Waals surface area contributed by atoms with Gasteiger partial charge in [0.2, 0.25) is 10.0 Å². The quantitative estimate of drug-likeness (QED) is 0.808. The molecule has 5 nitrogen and oxygen atoms in total. The van der Waals surface area contributed by atoms with Crippen molar-refractivity contribution >= 4 is 10.0 Å². The number of rotatable bonds is 7. The third-order valence-electron chi connectivity index (χ3n) is 3.85. The molecule has 0 bridgehead atoms. The predicted octanol–water partition coefficient (Wildman–Crippen LogP) is 2.03. The summed E-state index contributed by atoms with van der Waals surface area (Å²) in [6.45, 7) is 4.99. The zero-order chi connectivity index (χ0) is 15.5. The van der Waals surface area contributed by atoms with Crippen LogP contribution >= 0.6 is 0 Å². The summed E-state index contributed by atoms with van der Waals surface area (Å²) in [7, 11) is -1.66. The van der Waals surface area contributed by atoms with Crippen LogP contribution in [0.5, 0.6) is 5.75 Å². The van der Waals surface area contributed by atoms with Crippen LogP contribution in [0.4, 0.5) is 0 Å². The molecule has 1 saturated carbocycles. The molecule has 6 heteroatoms. The lowest BCUT2D eigenvalue weighted by Crippen LogP contribution is -2.50. The zero-order valence-electron chi connectivity index (χ0n) is 12.9. The highest BCUT2D eigenvalue weighted by atomic mass is 32.2. The summed E-state index contributed by atoms with van der Waals surface area (Å²) >= 11 is 0. The Labute approximate surface area is 127 Å². The highest BCUT2D eigenvalue weighted by Crippen LogP contribution is 2.33. The minimum Gasteiger partial charge on any atom is -0.494 e. The fraction of sp³-hybridized carbons (Fsp3) is 0.600. The Hall–Kier alpha value is -1.11. The van der Waals surface area contributed by atoms with E-state index < -0.39 is 10.0 Å². The highest BCUT2D eigenvalue weighted by Gasteiger charge is 2.36. The summed E-state index contributed by atoms with van der Waals surface area (Å²) in [5.41, 5.74) is 0.557. The first-order valence-electron chi connectivity index (χ1n) is 7.34. The second-order valence-corrected chi connectivity index (χ2v) is 7.43. The summed E-state index contributed by atoms with van der Waals surface area (Å²) < 4.78 is 33.3. The van der Waals surface area contributed by atoms with E-state index in [0.29, 0.717) is 18.0 Å². The largest absolute Gasteiger partial charge is 0.494 e. The van der Waals surface area contributed by atoms with Gasteiger partial charge in [0.25, 0.3) is 0 Å². The van der Waals surface area contributed by atoms with Gasteiger partial charge in [0.1, 0.15) is 5.75 Å². The monoisotopic (exact) mass is 312 g/mol. The van der Waals surface area contributed by atoms with Gasteiger partial charge in [-0.25, -0.2) is 13.1 Å². The molecule has 1 aliphatic carbocycles. The average molecular weight is 312 g/mol. The van der Waals surface area contributed by atoms with Crippen LogP contribution in [-0.2, 0) is 16.6 Å². The number of ether oxygens (including phenoxy) is 1. The van der Waals surface area contributed by atoms with Crippen molar-refractivity contribution in [2.45, 2.75) is 50.1 Å². The van der Waals surface area contributed by atoms with Gasteiger partial charge in [-0.15, -0.1) is 0 Å². The number of sulfonamides is 1. The molecule has 0 amide bonds. The lowest BCUT2D eigenvalue weighted by Gasteiger charge is -2.38. The van der Waals surface area contributed by atoms with E-state index in [9.17, 15) is 8.42 Å². The minimum absolute atomic E-state index is 0.291. The van der Waals surface area contributed by atoms with Crippen LogP contribution in [0.3, 0.4) is 0 Å². The summed E-state index contributed by atoms with van der Waals surface area (Å²) in [5, 5.41) is 3.04. The molecule has 0 heterocycles. The smallest absolute Gasteiger partial charge is 0.241 e. The van der Waals surface area contributed by atoms with Crippen molar-refractivity contribution in [2.75, 3.05) is 13.7 Å². The molecule has 0 unspecified atom stereocenters. The Kier molecular flexibility index (Phi) is 4.91. The number of benzene rings is 1. The Morgan fingerprint density at radius 3 is 2.57 bits per heavy atom. The number of hydrogen-bond donors (Lipinski definition) is 2. The van der Waals surface area contributed by atoms with Crippen molar-refractivity contribution in [1.29, 1.82) is 0 Å². The Morgan fingerprint density at radius 1 is 1.33 bits per heavy atom. The molecule has 1 aromatic rings. The molecule has 21 heavy (non-hydrogen) atoms. The van der Waals surface area contributed by atoms with Crippen molar-refractivity contribution in [2.24, 2.45) is 0 Å². The molecule has 0 atom stereocenters. The molecule has 118 valence electrons. The molecule has 0 aromatic heterocycles. The fourth-order valence-electron chi connectivity index (χ4n) is 2.54. The first kappa shape index (κ1) is 16.3. The Balaban J connectivity index is 2.28. The fourth-order valence-corrected chi connectivity index (χ4v) is 4.06. The van der Waals surface area contributed by atoms with Crippen molar-refractivity contribution < 1.29 is 13.2 Å². The molecule has 2 N–H and O–H groups in total. The van der Waals surface area contributed by atoms with Gasteiger partial charge in [-0.2, -0.15) is 0 Å². The summed E-state index contributed by atoms with van der Waals surface area (Å²) in [6, 6.07) is 5.02. The molecule has 0 radical (unpaired) electrons. The van der Waals surface area contributed by atoms with E-state index in [1.54, 1.807) is 18.2 Å². The molecule has 0 saturated heterocycles. The molecule has 1 fully saturated rings. The van der Waals surface area contributed by atoms with E-state index in [1.165, 1.54) is 0 Å². The third kappa shape index (κ3) is 3.75. The van der Waals surface area contributed by atoms with Crippen LogP contribution in [-0.4, -0.2) is 27.6 Å². The van der Waals surface area contributed by atoms with Crippen LogP contribution in [0, 0.1) is 0 Å². The van der Waals surface area contributed by atoms with E-state index in [-0.39, 0.29) is 5.54 Å². The van der Waals surface area contributed by atoms with Gasteiger partial charge in [0, 0.05) is 17.6 Å². The topological polar surface area (TPSA) is 67.4 Å². The molecule has 1 aliphatic rings. The highest BCUT2D eigenvalue weighted by molar-refractivity contribution is 7.89. The van der Waals surface area contributed by atoms with E-state index in [2.05, 4.69) is 10.0 Å². The Bertz CT molecular complexity index is 595. The van der Waals surface area contributed by atoms with Crippen LogP contribution in [0.15, 0.2) is 23.1 Å². The maximum Gasteiger partial charge on any atom is 0.241 e. The first-order chi connectivity index (χ1) is 9.90. The van der Waals surface area contributed by atoms with Crippen LogP contribution in [0.1, 0.15) is 38.7 Å². The van der Waals surface area contributed by atoms with Crippen molar-refractivity contribution in [3.8, 4) is 5.75 Å². The van der Waals surface area contributed by atoms with Gasteiger partial charge in [0.15, 0.2) is 0 Å². The van der Waals surface area contributed by atoms with Crippen LogP contribution < -0.4 is 14.8 Å². The maximum atomic E-state index is 12.5. The third-order valence-corrected chi connectivity index (χ3v) is 5.48. The molecule has 2 rings (SSSR count). The van der Waals surface area contributed by atoms with E-state index in [0.717, 1.165) is 30.6 Å². The molecule has 1 aromatic carbocycles. The molecule has 0 aliphatic heterocycles. The second-order valence-electron chi connectivity index (χ2n) is 5.75. The lowest BCUT2D eigenvalue weighted by molar-refractivity contribution is 0.248. The minimum atomic E-state index is -3.48. The number of hydrogen-bond acceptors (Lipinski definition) is 4. The van der Waals surface area contributed by atoms with Crippen molar-refractivity contribution in [1.82, 2.24) is 10.0 Å². The zero-order valence-corrected chi connectivity index (χ0v) is 13.7. The van der Waals surface area contributed by atoms with E-state index >= 15 is 0 Å². The molecule has 0 spiro atoms. The van der Waals surface area contributed by atoms with Crippen molar-refractivity contribution in [3.05, 3.63) is 23.8 Å². The predicted molar refractivity (Wildman–Crippen MR) is 83.0 cm³/mol. The van der Waals surface area contributed by atoms with Gasteiger partial charge < -0.3 is 10.1 Å². The van der Waals surface area contributed by atoms with E-state index in [4.69, 9.17) is 4.74 Å². The summed E-state index contributed by atoms with van der Waals surface area (Å²) in [5.74, 6) is 0.723. The van der Waals surface area contributed by atoms with Crippen LogP contribution in [0.25, 0.3) is 0 Å². The van der Waals surface area contributed by atoms with E-state index in [1.807, 2.05) is 20.9 Å². The van der Waals surface area contributed by atoms with Crippen molar-refractivity contribution in [3.63, 3.8) is 0 Å². The SMILES string of the molecule is CCOc1ccc(S(=O)(=O)NC2(C)CCC2)cc1CNC. The maximum absolute atomic E-state index is 12.5. The van der Waals surface area contributed by atoms with Gasteiger partial charge in [-0.1, -0.05) is 0 Å². The van der Waals surface area contributed by atoms with Gasteiger partial charge >= 0.3 is 0 Å². The van der Waals surface area contributed by atoms with Gasteiger partial charge in [-0.3, -0.25) is 0 Å². The van der Waals surface area contributed by atoms with Gasteiger partial charge in [-0.05, 0) is 58.4 Å². The normalized spacial score (nSPS) is 17.3. The van der Waals surface area contributed by atoms with Gasteiger partial charge in [0.05, 0.1) is 11.5 Å². The summed E-state index contributed by atoms with van der Waals surface area (Å²) in [6.07, 6.45) is 2.87.